The van der Waals surface area contributed by atoms with Crippen LogP contribution in [0.1, 0.15) is 31.0 Å². The van der Waals surface area contributed by atoms with Gasteiger partial charge in [0.25, 0.3) is 11.1 Å². The fourth-order valence-corrected chi connectivity index (χ4v) is 4.34. The molecule has 1 aliphatic heterocycles. The molecule has 0 aliphatic carbocycles. The van der Waals surface area contributed by atoms with Crippen LogP contribution in [-0.2, 0) is 23.0 Å². The number of para-hydroxylation sites is 2. The number of imidazole rings is 1. The molecule has 0 saturated carbocycles. The van der Waals surface area contributed by atoms with Crippen LogP contribution < -0.4 is 10.00 Å². The van der Waals surface area contributed by atoms with Crippen molar-refractivity contribution in [1.29, 1.82) is 5.26 Å². The Morgan fingerprint density at radius 1 is 1.37 bits per heavy atom. The summed E-state index contributed by atoms with van der Waals surface area (Å²) in [5, 5.41) is 9.69. The normalized spacial score (nSPS) is 18.9. The number of hydrogen-bond donors (Lipinski definition) is 1. The van der Waals surface area contributed by atoms with E-state index in [1.165, 1.54) is 0 Å². The number of fused-ring (bicyclic) bond motifs is 4. The van der Waals surface area contributed by atoms with E-state index in [2.05, 4.69) is 4.98 Å². The van der Waals surface area contributed by atoms with E-state index in [1.54, 1.807) is 16.0 Å². The minimum Gasteiger partial charge on any atom is -0.462 e. The molecule has 4 aromatic rings. The van der Waals surface area contributed by atoms with E-state index in [0.717, 1.165) is 23.1 Å². The Balaban J connectivity index is 1.73. The molecule has 0 bridgehead atoms. The number of rotatable bonds is 3. The van der Waals surface area contributed by atoms with E-state index < -0.39 is 0 Å². The number of aromatic nitrogens is 4. The first-order valence-corrected chi connectivity index (χ1v) is 9.97. The Hall–Kier alpha value is -3.73. The molecule has 5 rings (SSSR count). The third-order valence-electron chi connectivity index (χ3n) is 5.98. The van der Waals surface area contributed by atoms with Gasteiger partial charge in [0.1, 0.15) is 35.1 Å². The lowest BCUT2D eigenvalue weighted by Gasteiger charge is -2.05. The van der Waals surface area contributed by atoms with E-state index in [0.29, 0.717) is 29.7 Å². The van der Waals surface area contributed by atoms with Crippen molar-refractivity contribution in [2.24, 2.45) is 13.0 Å². The monoisotopic (exact) mass is 402 g/mol. The summed E-state index contributed by atoms with van der Waals surface area (Å²) in [6.45, 7) is 1.98. The quantitative estimate of drug-likeness (QED) is 0.320. The van der Waals surface area contributed by atoms with Crippen LogP contribution >= 0.6 is 0 Å². The second-order valence-electron chi connectivity index (χ2n) is 7.75. The van der Waals surface area contributed by atoms with Crippen LogP contribution in [0, 0.1) is 17.2 Å². The summed E-state index contributed by atoms with van der Waals surface area (Å²) in [7, 11) is 1.79. The molecule has 1 fully saturated rings. The molecule has 8 nitrogen and oxygen atoms in total. The number of nitrogens with zero attached hydrogens (tertiary/aromatic N) is 4. The minimum atomic E-state index is -0.359. The summed E-state index contributed by atoms with van der Waals surface area (Å²) < 4.78 is 9.02. The highest BCUT2D eigenvalue weighted by Gasteiger charge is 2.35. The van der Waals surface area contributed by atoms with E-state index in [4.69, 9.17) is 9.72 Å². The zero-order valence-electron chi connectivity index (χ0n) is 16.7. The van der Waals surface area contributed by atoms with Crippen LogP contribution in [0.15, 0.2) is 35.3 Å². The van der Waals surface area contributed by atoms with Crippen molar-refractivity contribution in [2.45, 2.75) is 32.3 Å². The van der Waals surface area contributed by atoms with Gasteiger partial charge in [-0.2, -0.15) is 9.66 Å². The van der Waals surface area contributed by atoms with E-state index in [9.17, 15) is 14.9 Å². The molecule has 1 aliphatic rings. The van der Waals surface area contributed by atoms with Gasteiger partial charge < -0.3 is 9.72 Å². The number of nitriles is 1. The van der Waals surface area contributed by atoms with Gasteiger partial charge in [-0.25, -0.2) is 9.55 Å². The average Bonchev–Trinajstić information content (AvgIpc) is 3.27. The van der Waals surface area contributed by atoms with Crippen molar-refractivity contribution < 1.29 is 14.1 Å². The summed E-state index contributed by atoms with van der Waals surface area (Å²) >= 11 is 0. The highest BCUT2D eigenvalue weighted by Crippen LogP contribution is 2.26. The highest BCUT2D eigenvalue weighted by molar-refractivity contribution is 5.88. The van der Waals surface area contributed by atoms with Gasteiger partial charge in [-0.3, -0.25) is 9.59 Å². The minimum absolute atomic E-state index is 0.0364. The molecule has 150 valence electrons. The Morgan fingerprint density at radius 2 is 2.17 bits per heavy atom. The topological polar surface area (TPSA) is 104 Å². The molecule has 0 amide bonds. The number of carbonyl (C=O) groups excluding carboxylic acids is 1. The highest BCUT2D eigenvalue weighted by atomic mass is 16.5. The third kappa shape index (κ3) is 2.59. The van der Waals surface area contributed by atoms with Crippen molar-refractivity contribution in [3.05, 3.63) is 51.9 Å². The van der Waals surface area contributed by atoms with Gasteiger partial charge in [-0.05, 0) is 25.0 Å². The molecule has 2 atom stereocenters. The SMILES string of the molecule is CCC1CC(Cc2cn3c4nc5ccccc5[nH]c4c(C#N)c(=O)c3[n+]2C)OC1=O. The number of nitrogens with one attached hydrogen (secondary N) is 1. The smallest absolute Gasteiger partial charge is 0.338 e. The van der Waals surface area contributed by atoms with Gasteiger partial charge in [0, 0.05) is 0 Å². The van der Waals surface area contributed by atoms with E-state index in [1.807, 2.05) is 43.5 Å². The number of aryl methyl sites for hydroxylation is 1. The lowest BCUT2D eigenvalue weighted by Crippen LogP contribution is -2.37. The number of esters is 1. The zero-order valence-corrected chi connectivity index (χ0v) is 16.7. The molecule has 2 unspecified atom stereocenters. The lowest BCUT2D eigenvalue weighted by atomic mass is 10.0. The first-order valence-electron chi connectivity index (χ1n) is 9.97. The molecule has 4 heterocycles. The summed E-state index contributed by atoms with van der Waals surface area (Å²) in [4.78, 5) is 33.0. The number of ether oxygens (including phenoxy) is 1. The molecular weight excluding hydrogens is 382 g/mol. The standard InChI is InChI=1S/C22H19N5O3/c1-3-12-8-14(30-22(12)29)9-13-11-27-20-18(15(10-23)19(28)21(27)26(13)2)24-16-6-4-5-7-17(16)25-20/h4-7,11-12,14H,3,8-9H2,1-2H3/p+1. The lowest BCUT2D eigenvalue weighted by molar-refractivity contribution is -0.653. The fourth-order valence-electron chi connectivity index (χ4n) is 4.34. The molecule has 1 N–H and O–H groups in total. The summed E-state index contributed by atoms with van der Waals surface area (Å²) in [6.07, 6.45) is 3.56. The van der Waals surface area contributed by atoms with Crippen LogP contribution in [0.4, 0.5) is 0 Å². The number of carbonyl (C=O) groups is 1. The van der Waals surface area contributed by atoms with Gasteiger partial charge in [-0.1, -0.05) is 19.1 Å². The van der Waals surface area contributed by atoms with E-state index >= 15 is 0 Å². The maximum atomic E-state index is 13.1. The van der Waals surface area contributed by atoms with Crippen molar-refractivity contribution in [3.8, 4) is 6.07 Å². The van der Waals surface area contributed by atoms with E-state index in [-0.39, 0.29) is 29.0 Å². The van der Waals surface area contributed by atoms with Crippen molar-refractivity contribution >= 4 is 33.8 Å². The van der Waals surface area contributed by atoms with Crippen molar-refractivity contribution in [2.75, 3.05) is 0 Å². The summed E-state index contributed by atoms with van der Waals surface area (Å²) in [5.74, 6) is -0.223. The number of aromatic amines is 1. The molecule has 1 aromatic carbocycles. The fraction of sp³-hybridized carbons (Fsp3) is 0.318. The first kappa shape index (κ1) is 18.3. The largest absolute Gasteiger partial charge is 0.462 e. The predicted molar refractivity (Wildman–Crippen MR) is 109 cm³/mol. The number of H-pyrrole nitrogens is 1. The molecule has 3 aromatic heterocycles. The van der Waals surface area contributed by atoms with Crippen LogP contribution in [0.2, 0.25) is 0 Å². The van der Waals surface area contributed by atoms with Crippen LogP contribution in [-0.4, -0.2) is 26.4 Å². The van der Waals surface area contributed by atoms with Gasteiger partial charge in [0.15, 0.2) is 0 Å². The molecule has 8 heteroatoms. The van der Waals surface area contributed by atoms with Gasteiger partial charge in [0.05, 0.1) is 30.4 Å². The summed E-state index contributed by atoms with van der Waals surface area (Å²) in [6, 6.07) is 9.54. The Bertz CT molecular complexity index is 1440. The van der Waals surface area contributed by atoms with Gasteiger partial charge in [-0.15, -0.1) is 0 Å². The Morgan fingerprint density at radius 3 is 2.90 bits per heavy atom. The number of cyclic esters (lactones) is 1. The Labute approximate surface area is 171 Å². The molecular formula is C22H20N5O3+. The second kappa shape index (κ2) is 6.66. The van der Waals surface area contributed by atoms with Crippen LogP contribution in [0.3, 0.4) is 0 Å². The summed E-state index contributed by atoms with van der Waals surface area (Å²) in [5.41, 5.74) is 3.29. The molecule has 0 spiro atoms. The first-order chi connectivity index (χ1) is 14.5. The van der Waals surface area contributed by atoms with Gasteiger partial charge >= 0.3 is 11.6 Å². The number of hydrogen-bond acceptors (Lipinski definition) is 5. The van der Waals surface area contributed by atoms with Gasteiger partial charge in [0.2, 0.25) is 0 Å². The maximum absolute atomic E-state index is 13.1. The number of pyridine rings is 1. The number of benzene rings is 1. The maximum Gasteiger partial charge on any atom is 0.338 e. The van der Waals surface area contributed by atoms with Crippen molar-refractivity contribution in [1.82, 2.24) is 14.4 Å². The second-order valence-corrected chi connectivity index (χ2v) is 7.75. The molecule has 0 radical (unpaired) electrons. The van der Waals surface area contributed by atoms with Crippen LogP contribution in [0.5, 0.6) is 0 Å². The molecule has 1 saturated heterocycles. The third-order valence-corrected chi connectivity index (χ3v) is 5.98. The average molecular weight is 402 g/mol. The predicted octanol–water partition coefficient (Wildman–Crippen LogP) is 1.91. The Kier molecular flexibility index (Phi) is 4.07. The molecule has 30 heavy (non-hydrogen) atoms. The van der Waals surface area contributed by atoms with Crippen molar-refractivity contribution in [3.63, 3.8) is 0 Å². The zero-order chi connectivity index (χ0) is 21.0. The van der Waals surface area contributed by atoms with Crippen LogP contribution in [0.25, 0.3) is 27.8 Å².